The summed E-state index contributed by atoms with van der Waals surface area (Å²) in [6.07, 6.45) is 0. The zero-order chi connectivity index (χ0) is 23.6. The Hall–Kier alpha value is -4.00. The topological polar surface area (TPSA) is 86.1 Å². The molecular weight excluding hydrogens is 416 g/mol. The molecule has 0 aliphatic rings. The molecule has 2 aromatic carbocycles. The van der Waals surface area contributed by atoms with E-state index in [1.807, 2.05) is 67.6 Å². The number of nitrogens with one attached hydrogen (secondary N) is 1. The Balaban J connectivity index is 1.52. The first kappa shape index (κ1) is 22.2. The number of hydrogen-bond donors (Lipinski definition) is 1. The predicted molar refractivity (Wildman–Crippen MR) is 128 cm³/mol. The molecule has 0 aliphatic heterocycles. The van der Waals surface area contributed by atoms with Gasteiger partial charge in [0.05, 0.1) is 22.5 Å². The van der Waals surface area contributed by atoms with Crippen LogP contribution in [0.4, 0.5) is 5.82 Å². The van der Waals surface area contributed by atoms with Crippen LogP contribution in [0.25, 0.3) is 16.6 Å². The van der Waals surface area contributed by atoms with Crippen molar-refractivity contribution in [3.8, 4) is 5.69 Å². The van der Waals surface area contributed by atoms with Crippen molar-refractivity contribution in [2.75, 3.05) is 11.9 Å². The van der Waals surface area contributed by atoms with Crippen molar-refractivity contribution in [2.24, 2.45) is 0 Å². The summed E-state index contributed by atoms with van der Waals surface area (Å²) in [7, 11) is 0. The van der Waals surface area contributed by atoms with Crippen LogP contribution in [0.1, 0.15) is 42.5 Å². The van der Waals surface area contributed by atoms with Gasteiger partial charge in [0.15, 0.2) is 6.61 Å². The highest BCUT2D eigenvalue weighted by molar-refractivity contribution is 6.04. The van der Waals surface area contributed by atoms with Crippen LogP contribution in [0.15, 0.2) is 66.7 Å². The molecule has 0 atom stereocenters. The number of benzene rings is 2. The minimum atomic E-state index is -0.571. The van der Waals surface area contributed by atoms with E-state index in [0.717, 1.165) is 11.4 Å². The lowest BCUT2D eigenvalue weighted by Crippen LogP contribution is -2.22. The molecule has 168 valence electrons. The number of carbonyl (C=O) groups is 2. The predicted octanol–water partition coefficient (Wildman–Crippen LogP) is 4.82. The normalized spacial score (nSPS) is 11.4. The molecule has 0 spiro atoms. The molecular formula is C26H26N4O3. The summed E-state index contributed by atoms with van der Waals surface area (Å²) in [6.45, 7) is 7.56. The molecule has 0 radical (unpaired) electrons. The summed E-state index contributed by atoms with van der Waals surface area (Å²) in [5, 5.41) is 8.19. The number of aromatic nitrogens is 3. The summed E-state index contributed by atoms with van der Waals surface area (Å²) in [6, 6.07) is 20.4. The fourth-order valence-electron chi connectivity index (χ4n) is 3.47. The van der Waals surface area contributed by atoms with E-state index in [1.54, 1.807) is 10.7 Å². The van der Waals surface area contributed by atoms with Gasteiger partial charge in [-0.2, -0.15) is 5.10 Å². The minimum absolute atomic E-state index is 0.202. The molecule has 4 aromatic rings. The van der Waals surface area contributed by atoms with Gasteiger partial charge < -0.3 is 10.1 Å². The van der Waals surface area contributed by atoms with E-state index in [2.05, 4.69) is 36.2 Å². The lowest BCUT2D eigenvalue weighted by atomic mass is 9.92. The second-order valence-corrected chi connectivity index (χ2v) is 8.86. The Morgan fingerprint density at radius 3 is 2.42 bits per heavy atom. The standard InChI is InChI=1S/C26H26N4O3/c1-17-14-20(19-12-8-9-13-21(19)27-17)25(32)33-16-24(31)28-23-15-22(26(2,3)4)29-30(23)18-10-6-5-7-11-18/h5-15H,16H2,1-4H3,(H,28,31). The molecule has 0 aliphatic carbocycles. The fraction of sp³-hybridized carbons (Fsp3) is 0.231. The number of para-hydroxylation sites is 2. The van der Waals surface area contributed by atoms with Crippen LogP contribution < -0.4 is 5.32 Å². The summed E-state index contributed by atoms with van der Waals surface area (Å²) in [4.78, 5) is 29.9. The lowest BCUT2D eigenvalue weighted by Gasteiger charge is -2.14. The van der Waals surface area contributed by atoms with Crippen LogP contribution >= 0.6 is 0 Å². The fourth-order valence-corrected chi connectivity index (χ4v) is 3.47. The number of hydrogen-bond acceptors (Lipinski definition) is 5. The Morgan fingerprint density at radius 1 is 1.00 bits per heavy atom. The van der Waals surface area contributed by atoms with Crippen molar-refractivity contribution in [3.63, 3.8) is 0 Å². The second kappa shape index (κ2) is 8.86. The van der Waals surface area contributed by atoms with Crippen LogP contribution in [-0.4, -0.2) is 33.2 Å². The molecule has 0 saturated heterocycles. The molecule has 0 unspecified atom stereocenters. The number of anilines is 1. The van der Waals surface area contributed by atoms with E-state index >= 15 is 0 Å². The van der Waals surface area contributed by atoms with Crippen LogP contribution in [0.5, 0.6) is 0 Å². The van der Waals surface area contributed by atoms with Crippen molar-refractivity contribution in [1.82, 2.24) is 14.8 Å². The van der Waals surface area contributed by atoms with Gasteiger partial charge in [0.2, 0.25) is 0 Å². The molecule has 1 amide bonds. The number of pyridine rings is 1. The van der Waals surface area contributed by atoms with Crippen molar-refractivity contribution >= 4 is 28.6 Å². The van der Waals surface area contributed by atoms with Gasteiger partial charge in [-0.15, -0.1) is 0 Å². The third-order valence-electron chi connectivity index (χ3n) is 5.14. The van der Waals surface area contributed by atoms with Crippen molar-refractivity contribution < 1.29 is 14.3 Å². The molecule has 1 N–H and O–H groups in total. The first-order valence-corrected chi connectivity index (χ1v) is 10.7. The van der Waals surface area contributed by atoms with Gasteiger partial charge in [-0.3, -0.25) is 9.78 Å². The highest BCUT2D eigenvalue weighted by atomic mass is 16.5. The molecule has 0 saturated carbocycles. The van der Waals surface area contributed by atoms with E-state index in [1.165, 1.54) is 0 Å². The quantitative estimate of drug-likeness (QED) is 0.448. The number of ether oxygens (including phenoxy) is 1. The molecule has 2 aromatic heterocycles. The van der Waals surface area contributed by atoms with Crippen LogP contribution in [-0.2, 0) is 14.9 Å². The summed E-state index contributed by atoms with van der Waals surface area (Å²) in [5.74, 6) is -0.507. The number of rotatable bonds is 5. The number of carbonyl (C=O) groups excluding carboxylic acids is 2. The summed E-state index contributed by atoms with van der Waals surface area (Å²) >= 11 is 0. The van der Waals surface area contributed by atoms with Gasteiger partial charge >= 0.3 is 5.97 Å². The van der Waals surface area contributed by atoms with Crippen molar-refractivity contribution in [1.29, 1.82) is 0 Å². The number of aryl methyl sites for hydroxylation is 1. The highest BCUT2D eigenvalue weighted by Crippen LogP contribution is 2.26. The lowest BCUT2D eigenvalue weighted by molar-refractivity contribution is -0.119. The largest absolute Gasteiger partial charge is 0.452 e. The number of esters is 1. The first-order valence-electron chi connectivity index (χ1n) is 10.7. The van der Waals surface area contributed by atoms with Gasteiger partial charge in [0.1, 0.15) is 5.82 Å². The minimum Gasteiger partial charge on any atom is -0.452 e. The molecule has 0 bridgehead atoms. The smallest absolute Gasteiger partial charge is 0.339 e. The van der Waals surface area contributed by atoms with Gasteiger partial charge in [0.25, 0.3) is 5.91 Å². The van der Waals surface area contributed by atoms with Gasteiger partial charge in [-0.25, -0.2) is 9.48 Å². The SMILES string of the molecule is Cc1cc(C(=O)OCC(=O)Nc2cc(C(C)(C)C)nn2-c2ccccc2)c2ccccc2n1. The maximum Gasteiger partial charge on any atom is 0.339 e. The molecule has 33 heavy (non-hydrogen) atoms. The Kier molecular flexibility index (Phi) is 5.96. The van der Waals surface area contributed by atoms with Crippen LogP contribution in [0.3, 0.4) is 0 Å². The van der Waals surface area contributed by atoms with E-state index in [4.69, 9.17) is 4.74 Å². The average Bonchev–Trinajstić information content (AvgIpc) is 3.21. The van der Waals surface area contributed by atoms with Gasteiger partial charge in [0, 0.05) is 22.6 Å². The molecule has 4 rings (SSSR count). The number of amides is 1. The highest BCUT2D eigenvalue weighted by Gasteiger charge is 2.22. The molecule has 7 nitrogen and oxygen atoms in total. The van der Waals surface area contributed by atoms with E-state index < -0.39 is 18.5 Å². The van der Waals surface area contributed by atoms with Crippen LogP contribution in [0.2, 0.25) is 0 Å². The zero-order valence-corrected chi connectivity index (χ0v) is 19.1. The third-order valence-corrected chi connectivity index (χ3v) is 5.14. The monoisotopic (exact) mass is 442 g/mol. The zero-order valence-electron chi connectivity index (χ0n) is 19.1. The molecule has 0 fully saturated rings. The van der Waals surface area contributed by atoms with Crippen molar-refractivity contribution in [2.45, 2.75) is 33.1 Å². The number of fused-ring (bicyclic) bond motifs is 1. The van der Waals surface area contributed by atoms with Crippen molar-refractivity contribution in [3.05, 3.63) is 83.7 Å². The maximum atomic E-state index is 12.7. The second-order valence-electron chi connectivity index (χ2n) is 8.86. The Labute approximate surface area is 192 Å². The Morgan fingerprint density at radius 2 is 1.70 bits per heavy atom. The summed E-state index contributed by atoms with van der Waals surface area (Å²) in [5.41, 5.74) is 3.24. The summed E-state index contributed by atoms with van der Waals surface area (Å²) < 4.78 is 7.02. The van der Waals surface area contributed by atoms with Gasteiger partial charge in [-0.05, 0) is 31.2 Å². The average molecular weight is 443 g/mol. The van der Waals surface area contributed by atoms with E-state index in [0.29, 0.717) is 28.0 Å². The third kappa shape index (κ3) is 4.92. The van der Waals surface area contributed by atoms with E-state index in [-0.39, 0.29) is 5.41 Å². The van der Waals surface area contributed by atoms with E-state index in [9.17, 15) is 9.59 Å². The number of nitrogens with zero attached hydrogens (tertiary/aromatic N) is 3. The van der Waals surface area contributed by atoms with Gasteiger partial charge in [-0.1, -0.05) is 57.2 Å². The Bertz CT molecular complexity index is 1320. The van der Waals surface area contributed by atoms with Crippen LogP contribution in [0, 0.1) is 6.92 Å². The molecule has 7 heteroatoms. The molecule has 2 heterocycles. The first-order chi connectivity index (χ1) is 15.7. The maximum absolute atomic E-state index is 12.7.